The highest BCUT2D eigenvalue weighted by Gasteiger charge is 2.34. The molecule has 2 heterocycles. The lowest BCUT2D eigenvalue weighted by molar-refractivity contribution is -0.140. The van der Waals surface area contributed by atoms with Crippen molar-refractivity contribution in [1.29, 1.82) is 0 Å². The fourth-order valence-corrected chi connectivity index (χ4v) is 5.19. The summed E-state index contributed by atoms with van der Waals surface area (Å²) in [6.45, 7) is 7.12. The number of aromatic nitrogens is 1. The van der Waals surface area contributed by atoms with Crippen LogP contribution in [0.2, 0.25) is 5.02 Å². The molecular formula is C28H27ClN2O6S. The Kier molecular flexibility index (Phi) is 8.18. The number of benzene rings is 2. The Balaban J connectivity index is 1.92. The average Bonchev–Trinajstić information content (AvgIpc) is 3.17. The fourth-order valence-electron chi connectivity index (χ4n) is 4.02. The zero-order valence-corrected chi connectivity index (χ0v) is 23.2. The van der Waals surface area contributed by atoms with Crippen molar-refractivity contribution in [3.63, 3.8) is 0 Å². The zero-order chi connectivity index (χ0) is 27.6. The van der Waals surface area contributed by atoms with E-state index in [-0.39, 0.29) is 35.2 Å². The van der Waals surface area contributed by atoms with Gasteiger partial charge in [-0.25, -0.2) is 9.79 Å². The first kappa shape index (κ1) is 27.3. The lowest BCUT2D eigenvalue weighted by atomic mass is 9.95. The van der Waals surface area contributed by atoms with E-state index in [2.05, 4.69) is 4.99 Å². The minimum Gasteiger partial charge on any atom is -0.493 e. The molecule has 198 valence electrons. The molecule has 0 saturated carbocycles. The molecule has 1 aromatic heterocycles. The van der Waals surface area contributed by atoms with Gasteiger partial charge in [-0.1, -0.05) is 55.0 Å². The second kappa shape index (κ2) is 11.4. The molecule has 0 saturated heterocycles. The topological polar surface area (TPSA) is 96.2 Å². The number of nitrogens with zero attached hydrogens (tertiary/aromatic N) is 2. The molecule has 3 aromatic rings. The van der Waals surface area contributed by atoms with Crippen LogP contribution in [-0.4, -0.2) is 30.2 Å². The minimum absolute atomic E-state index is 0.127. The molecule has 10 heteroatoms. The predicted octanol–water partition coefficient (Wildman–Crippen LogP) is 4.02. The van der Waals surface area contributed by atoms with Crippen molar-refractivity contribution >= 4 is 41.0 Å². The van der Waals surface area contributed by atoms with Gasteiger partial charge in [0, 0.05) is 11.9 Å². The molecule has 8 nitrogen and oxygen atoms in total. The Hall–Kier alpha value is -3.69. The Bertz CT molecular complexity index is 1600. The van der Waals surface area contributed by atoms with E-state index in [0.29, 0.717) is 25.6 Å². The molecule has 2 aromatic carbocycles. The molecule has 0 radical (unpaired) electrons. The zero-order valence-electron chi connectivity index (χ0n) is 21.6. The van der Waals surface area contributed by atoms with Gasteiger partial charge < -0.3 is 14.2 Å². The maximum absolute atomic E-state index is 13.8. The smallest absolute Gasteiger partial charge is 0.338 e. The summed E-state index contributed by atoms with van der Waals surface area (Å²) in [7, 11) is 1.45. The normalized spacial score (nSPS) is 15.2. The number of ether oxygens (including phenoxy) is 3. The van der Waals surface area contributed by atoms with Gasteiger partial charge in [-0.05, 0) is 54.3 Å². The highest BCUT2D eigenvalue weighted by molar-refractivity contribution is 7.07. The van der Waals surface area contributed by atoms with Gasteiger partial charge in [-0.3, -0.25) is 14.2 Å². The molecule has 0 N–H and O–H groups in total. The van der Waals surface area contributed by atoms with E-state index in [0.717, 1.165) is 5.56 Å². The maximum atomic E-state index is 13.8. The molecule has 1 atom stereocenters. The number of hydrogen-bond donors (Lipinski definition) is 0. The summed E-state index contributed by atoms with van der Waals surface area (Å²) in [6.07, 6.45) is 1.76. The van der Waals surface area contributed by atoms with Crippen LogP contribution >= 0.6 is 22.9 Å². The van der Waals surface area contributed by atoms with Crippen LogP contribution in [0.3, 0.4) is 0 Å². The van der Waals surface area contributed by atoms with E-state index in [9.17, 15) is 14.4 Å². The molecular weight excluding hydrogens is 528 g/mol. The molecule has 1 aliphatic rings. The summed E-state index contributed by atoms with van der Waals surface area (Å²) in [4.78, 5) is 43.7. The first-order chi connectivity index (χ1) is 18.1. The highest BCUT2D eigenvalue weighted by Crippen LogP contribution is 2.36. The number of esters is 2. The number of hydrogen-bond acceptors (Lipinski definition) is 8. The van der Waals surface area contributed by atoms with Gasteiger partial charge in [0.1, 0.15) is 0 Å². The van der Waals surface area contributed by atoms with Crippen molar-refractivity contribution in [2.24, 2.45) is 10.9 Å². The predicted molar refractivity (Wildman–Crippen MR) is 145 cm³/mol. The second-order valence-electron chi connectivity index (χ2n) is 9.13. The van der Waals surface area contributed by atoms with E-state index in [1.54, 1.807) is 43.3 Å². The number of rotatable bonds is 7. The number of carbonyl (C=O) groups is 2. The summed E-state index contributed by atoms with van der Waals surface area (Å²) in [5.74, 6) is -0.420. The molecule has 0 spiro atoms. The molecule has 0 unspecified atom stereocenters. The van der Waals surface area contributed by atoms with Crippen molar-refractivity contribution in [3.05, 3.63) is 89.6 Å². The summed E-state index contributed by atoms with van der Waals surface area (Å²) in [5.41, 5.74) is 1.77. The van der Waals surface area contributed by atoms with Crippen LogP contribution in [0.25, 0.3) is 6.08 Å². The van der Waals surface area contributed by atoms with Crippen molar-refractivity contribution < 1.29 is 23.8 Å². The molecule has 0 bridgehead atoms. The molecule has 0 fully saturated rings. The Morgan fingerprint density at radius 2 is 1.87 bits per heavy atom. The second-order valence-corrected chi connectivity index (χ2v) is 10.6. The minimum atomic E-state index is -0.835. The van der Waals surface area contributed by atoms with Crippen LogP contribution in [0.15, 0.2) is 63.5 Å². The van der Waals surface area contributed by atoms with Crippen molar-refractivity contribution in [1.82, 2.24) is 4.57 Å². The number of fused-ring (bicyclic) bond motifs is 1. The van der Waals surface area contributed by atoms with Gasteiger partial charge in [0.15, 0.2) is 16.3 Å². The summed E-state index contributed by atoms with van der Waals surface area (Å²) < 4.78 is 18.2. The molecule has 0 aliphatic carbocycles. The molecule has 4 rings (SSSR count). The Morgan fingerprint density at radius 1 is 1.16 bits per heavy atom. The van der Waals surface area contributed by atoms with Gasteiger partial charge in [-0.15, -0.1) is 0 Å². The monoisotopic (exact) mass is 554 g/mol. The van der Waals surface area contributed by atoms with Crippen LogP contribution in [0.4, 0.5) is 0 Å². The Labute approximate surface area is 228 Å². The van der Waals surface area contributed by atoms with Crippen LogP contribution in [0.1, 0.15) is 44.9 Å². The van der Waals surface area contributed by atoms with Gasteiger partial charge in [0.2, 0.25) is 0 Å². The van der Waals surface area contributed by atoms with Crippen LogP contribution in [0.5, 0.6) is 11.5 Å². The number of carbonyl (C=O) groups excluding carboxylic acids is 2. The Morgan fingerprint density at radius 3 is 2.50 bits per heavy atom. The first-order valence-corrected chi connectivity index (χ1v) is 13.1. The van der Waals surface area contributed by atoms with Gasteiger partial charge >= 0.3 is 11.9 Å². The van der Waals surface area contributed by atoms with Crippen molar-refractivity contribution in [3.8, 4) is 11.5 Å². The maximum Gasteiger partial charge on any atom is 0.338 e. The van der Waals surface area contributed by atoms with Gasteiger partial charge in [0.05, 0.1) is 35.6 Å². The third-order valence-electron chi connectivity index (χ3n) is 5.71. The van der Waals surface area contributed by atoms with Crippen LogP contribution in [-0.2, 0) is 14.3 Å². The average molecular weight is 555 g/mol. The number of allylic oxidation sites excluding steroid dienone is 1. The highest BCUT2D eigenvalue weighted by atomic mass is 35.5. The third-order valence-corrected chi connectivity index (χ3v) is 6.95. The van der Waals surface area contributed by atoms with E-state index < -0.39 is 18.0 Å². The first-order valence-electron chi connectivity index (χ1n) is 11.9. The van der Waals surface area contributed by atoms with E-state index >= 15 is 0 Å². The van der Waals surface area contributed by atoms with Crippen molar-refractivity contribution in [2.75, 3.05) is 13.7 Å². The van der Waals surface area contributed by atoms with E-state index in [4.69, 9.17) is 25.8 Å². The lowest BCUT2D eigenvalue weighted by Gasteiger charge is -2.25. The fraction of sp³-hybridized carbons (Fsp3) is 0.286. The summed E-state index contributed by atoms with van der Waals surface area (Å²) in [5, 5.41) is 0.593. The van der Waals surface area contributed by atoms with Crippen LogP contribution < -0.4 is 24.4 Å². The number of methoxy groups -OCH3 is 1. The number of thiazole rings is 1. The molecule has 1 aliphatic heterocycles. The molecule has 0 amide bonds. The standard InChI is InChI=1S/C28H27ClN2O6S/c1-15(2)14-36-27(34)24-16(3)30-28-31(26(33)23(38-28)12-18-6-9-20(29)10-7-18)25(24)19-8-11-21(37-17(4)32)22(13-19)35-5/h6-13,15,25H,14H2,1-5H3/b23-12-/t25-/m0/s1. The third kappa shape index (κ3) is 5.74. The largest absolute Gasteiger partial charge is 0.493 e. The van der Waals surface area contributed by atoms with Crippen LogP contribution in [0, 0.1) is 5.92 Å². The van der Waals surface area contributed by atoms with Gasteiger partial charge in [-0.2, -0.15) is 0 Å². The summed E-state index contributed by atoms with van der Waals surface area (Å²) >= 11 is 7.23. The molecule has 38 heavy (non-hydrogen) atoms. The number of halogens is 1. The SMILES string of the molecule is COc1cc([C@H]2C(C(=O)OCC(C)C)=C(C)N=c3s/c(=C\c4ccc(Cl)cc4)c(=O)n32)ccc1OC(C)=O. The quantitative estimate of drug-likeness (QED) is 0.323. The van der Waals surface area contributed by atoms with E-state index in [1.807, 2.05) is 26.0 Å². The van der Waals surface area contributed by atoms with E-state index in [1.165, 1.54) is 29.9 Å². The lowest BCUT2D eigenvalue weighted by Crippen LogP contribution is -2.40. The summed E-state index contributed by atoms with van der Waals surface area (Å²) in [6, 6.07) is 11.2. The van der Waals surface area contributed by atoms with Gasteiger partial charge in [0.25, 0.3) is 5.56 Å². The van der Waals surface area contributed by atoms with Crippen molar-refractivity contribution in [2.45, 2.75) is 33.7 Å².